The molecule has 0 spiro atoms. The summed E-state index contributed by atoms with van der Waals surface area (Å²) in [7, 11) is 0. The molecule has 2 aromatic rings. The lowest BCUT2D eigenvalue weighted by Crippen LogP contribution is -2.27. The van der Waals surface area contributed by atoms with Crippen LogP contribution in [-0.2, 0) is 0 Å². The molecule has 1 aromatic carbocycles. The third kappa shape index (κ3) is 5.03. The molecule has 0 atom stereocenters. The molecule has 1 heterocycles. The van der Waals surface area contributed by atoms with E-state index < -0.39 is 0 Å². The van der Waals surface area contributed by atoms with Gasteiger partial charge in [0.05, 0.1) is 5.69 Å². The van der Waals surface area contributed by atoms with E-state index in [4.69, 9.17) is 23.2 Å². The van der Waals surface area contributed by atoms with E-state index in [0.717, 1.165) is 30.0 Å². The van der Waals surface area contributed by atoms with Gasteiger partial charge in [-0.1, -0.05) is 18.2 Å². The second kappa shape index (κ2) is 8.65. The molecule has 110 valence electrons. The molecular weight excluding hydrogens is 305 g/mol. The maximum Gasteiger partial charge on any atom is 0.115 e. The molecule has 0 aliphatic rings. The Morgan fingerprint density at radius 3 is 2.24 bits per heavy atom. The first kappa shape index (κ1) is 15.8. The van der Waals surface area contributed by atoms with E-state index in [1.807, 2.05) is 18.2 Å². The molecule has 0 fully saturated rings. The topological polar surface area (TPSA) is 29.0 Å². The smallest absolute Gasteiger partial charge is 0.115 e. The fourth-order valence-electron chi connectivity index (χ4n) is 1.95. The van der Waals surface area contributed by atoms with Crippen LogP contribution in [0.4, 0.5) is 5.69 Å². The van der Waals surface area contributed by atoms with Crippen LogP contribution in [0.5, 0.6) is 0 Å². The van der Waals surface area contributed by atoms with Gasteiger partial charge in [0.2, 0.25) is 0 Å². The van der Waals surface area contributed by atoms with Crippen molar-refractivity contribution in [2.45, 2.75) is 0 Å². The minimum absolute atomic E-state index is 0.590. The highest BCUT2D eigenvalue weighted by Crippen LogP contribution is 2.17. The fourth-order valence-corrected chi connectivity index (χ4v) is 2.36. The molecule has 3 nitrogen and oxygen atoms in total. The van der Waals surface area contributed by atoms with Gasteiger partial charge >= 0.3 is 0 Å². The molecular formula is C16H17Cl2N3. The molecule has 0 saturated heterocycles. The van der Waals surface area contributed by atoms with Crippen LogP contribution in [-0.4, -0.2) is 34.8 Å². The Bertz CT molecular complexity index is 549. The van der Waals surface area contributed by atoms with Gasteiger partial charge in [0.1, 0.15) is 6.33 Å². The van der Waals surface area contributed by atoms with Crippen LogP contribution in [0.25, 0.3) is 12.2 Å². The lowest BCUT2D eigenvalue weighted by Gasteiger charge is -2.22. The second-order valence-corrected chi connectivity index (χ2v) is 5.18. The van der Waals surface area contributed by atoms with Crippen LogP contribution in [0.2, 0.25) is 0 Å². The number of aromatic nitrogens is 2. The Morgan fingerprint density at radius 1 is 0.952 bits per heavy atom. The second-order valence-electron chi connectivity index (χ2n) is 4.42. The lowest BCUT2D eigenvalue weighted by molar-refractivity contribution is 0.874. The van der Waals surface area contributed by atoms with E-state index in [1.165, 1.54) is 0 Å². The van der Waals surface area contributed by atoms with Gasteiger partial charge in [-0.2, -0.15) is 0 Å². The third-order valence-electron chi connectivity index (χ3n) is 3.02. The van der Waals surface area contributed by atoms with Crippen molar-refractivity contribution in [1.82, 2.24) is 9.97 Å². The van der Waals surface area contributed by atoms with Gasteiger partial charge in [0.25, 0.3) is 0 Å². The number of anilines is 1. The minimum Gasteiger partial charge on any atom is -0.369 e. The van der Waals surface area contributed by atoms with Crippen LogP contribution < -0.4 is 4.90 Å². The Hall–Kier alpha value is -1.58. The summed E-state index contributed by atoms with van der Waals surface area (Å²) < 4.78 is 0. The molecule has 0 N–H and O–H groups in total. The molecule has 0 amide bonds. The average molecular weight is 322 g/mol. The predicted octanol–water partition coefficient (Wildman–Crippen LogP) is 3.93. The number of alkyl halides is 2. The van der Waals surface area contributed by atoms with Crippen molar-refractivity contribution in [3.63, 3.8) is 0 Å². The molecule has 0 saturated carbocycles. The van der Waals surface area contributed by atoms with Crippen LogP contribution in [0.1, 0.15) is 11.3 Å². The van der Waals surface area contributed by atoms with Crippen molar-refractivity contribution < 1.29 is 0 Å². The zero-order valence-corrected chi connectivity index (χ0v) is 13.1. The predicted molar refractivity (Wildman–Crippen MR) is 91.1 cm³/mol. The van der Waals surface area contributed by atoms with E-state index >= 15 is 0 Å². The number of halogens is 2. The van der Waals surface area contributed by atoms with Crippen molar-refractivity contribution in [3.05, 3.63) is 54.1 Å². The fraction of sp³-hybridized carbons (Fsp3) is 0.250. The molecule has 0 unspecified atom stereocenters. The average Bonchev–Trinajstić information content (AvgIpc) is 2.54. The first-order valence-electron chi connectivity index (χ1n) is 6.74. The van der Waals surface area contributed by atoms with E-state index in [9.17, 15) is 0 Å². The Balaban J connectivity index is 2.06. The molecule has 2 rings (SSSR count). The van der Waals surface area contributed by atoms with Crippen molar-refractivity contribution in [2.75, 3.05) is 29.7 Å². The zero-order valence-electron chi connectivity index (χ0n) is 11.6. The quantitative estimate of drug-likeness (QED) is 0.723. The Labute approximate surface area is 135 Å². The van der Waals surface area contributed by atoms with Crippen LogP contribution in [0.15, 0.2) is 42.9 Å². The van der Waals surface area contributed by atoms with Crippen molar-refractivity contribution in [3.8, 4) is 0 Å². The molecule has 1 aromatic heterocycles. The number of nitrogens with zero attached hydrogens (tertiary/aromatic N) is 3. The monoisotopic (exact) mass is 321 g/mol. The van der Waals surface area contributed by atoms with E-state index in [2.05, 4.69) is 39.1 Å². The van der Waals surface area contributed by atoms with Gasteiger partial charge in [-0.25, -0.2) is 9.97 Å². The maximum absolute atomic E-state index is 5.82. The summed E-state index contributed by atoms with van der Waals surface area (Å²) in [6, 6.07) is 10.2. The van der Waals surface area contributed by atoms with Crippen LogP contribution in [0.3, 0.4) is 0 Å². The highest BCUT2D eigenvalue weighted by Gasteiger charge is 2.04. The van der Waals surface area contributed by atoms with Gasteiger partial charge in [0, 0.05) is 36.7 Å². The third-order valence-corrected chi connectivity index (χ3v) is 3.36. The summed E-state index contributed by atoms with van der Waals surface area (Å²) in [4.78, 5) is 10.2. The van der Waals surface area contributed by atoms with Gasteiger partial charge in [0.15, 0.2) is 0 Å². The normalized spacial score (nSPS) is 11.0. The molecule has 0 radical (unpaired) electrons. The van der Waals surface area contributed by atoms with Gasteiger partial charge in [-0.3, -0.25) is 0 Å². The highest BCUT2D eigenvalue weighted by molar-refractivity contribution is 6.18. The highest BCUT2D eigenvalue weighted by atomic mass is 35.5. The van der Waals surface area contributed by atoms with Gasteiger partial charge < -0.3 is 4.90 Å². The summed E-state index contributed by atoms with van der Waals surface area (Å²) in [5, 5.41) is 0. The van der Waals surface area contributed by atoms with Crippen molar-refractivity contribution >= 4 is 41.0 Å². The van der Waals surface area contributed by atoms with Crippen LogP contribution >= 0.6 is 23.2 Å². The number of hydrogen-bond acceptors (Lipinski definition) is 3. The molecule has 0 aliphatic heterocycles. The summed E-state index contributed by atoms with van der Waals surface area (Å²) in [6.45, 7) is 1.59. The van der Waals surface area contributed by atoms with Crippen molar-refractivity contribution in [1.29, 1.82) is 0 Å². The Morgan fingerprint density at radius 2 is 1.67 bits per heavy atom. The van der Waals surface area contributed by atoms with E-state index in [0.29, 0.717) is 11.8 Å². The Kier molecular flexibility index (Phi) is 6.51. The maximum atomic E-state index is 5.82. The van der Waals surface area contributed by atoms with Gasteiger partial charge in [-0.15, -0.1) is 23.2 Å². The molecule has 0 aliphatic carbocycles. The minimum atomic E-state index is 0.590. The number of hydrogen-bond donors (Lipinski definition) is 0. The summed E-state index contributed by atoms with van der Waals surface area (Å²) >= 11 is 11.6. The van der Waals surface area contributed by atoms with Crippen LogP contribution in [0, 0.1) is 0 Å². The summed E-state index contributed by atoms with van der Waals surface area (Å²) in [5.74, 6) is 1.18. The lowest BCUT2D eigenvalue weighted by atomic mass is 10.1. The van der Waals surface area contributed by atoms with Gasteiger partial charge in [-0.05, 0) is 29.8 Å². The standard InChI is InChI=1S/C16H17Cl2N3/c17-8-11-21(12-9-18)16-5-2-14(3-6-16)1-4-15-7-10-19-13-20-15/h1-7,10,13H,8-9,11-12H2/b4-1+. The summed E-state index contributed by atoms with van der Waals surface area (Å²) in [5.41, 5.74) is 3.14. The molecule has 21 heavy (non-hydrogen) atoms. The zero-order chi connectivity index (χ0) is 14.9. The summed E-state index contributed by atoms with van der Waals surface area (Å²) in [6.07, 6.45) is 7.26. The first-order valence-corrected chi connectivity index (χ1v) is 7.81. The largest absolute Gasteiger partial charge is 0.369 e. The molecule has 0 bridgehead atoms. The van der Waals surface area contributed by atoms with E-state index in [-0.39, 0.29) is 0 Å². The SMILES string of the molecule is ClCCN(CCCl)c1ccc(/C=C/c2ccncn2)cc1. The van der Waals surface area contributed by atoms with E-state index in [1.54, 1.807) is 12.5 Å². The molecule has 5 heteroatoms. The number of rotatable bonds is 7. The van der Waals surface area contributed by atoms with Crippen molar-refractivity contribution in [2.24, 2.45) is 0 Å². The first-order chi connectivity index (χ1) is 10.3. The number of benzene rings is 1.